The Bertz CT molecular complexity index is 420. The molecule has 2 rings (SSSR count). The zero-order chi connectivity index (χ0) is 13.8. The normalized spacial score (nSPS) is 22.6. The molecule has 2 atom stereocenters. The summed E-state index contributed by atoms with van der Waals surface area (Å²) in [5.74, 6) is 1.57. The van der Waals surface area contributed by atoms with E-state index in [2.05, 4.69) is 46.8 Å². The van der Waals surface area contributed by atoms with Crippen LogP contribution in [0.5, 0.6) is 5.75 Å². The van der Waals surface area contributed by atoms with Gasteiger partial charge in [0.05, 0.1) is 6.61 Å². The number of likely N-dealkylation sites (tertiary alicyclic amines) is 1. The van der Waals surface area contributed by atoms with Crippen LogP contribution in [0.1, 0.15) is 25.8 Å². The Morgan fingerprint density at radius 3 is 2.75 bits per heavy atom. The molecular formula is C15H24BrClN2O. The molecule has 0 spiro atoms. The van der Waals surface area contributed by atoms with E-state index in [1.54, 1.807) is 0 Å². The summed E-state index contributed by atoms with van der Waals surface area (Å²) in [6.07, 6.45) is 1.03. The largest absolute Gasteiger partial charge is 0.493 e. The first-order chi connectivity index (χ1) is 9.10. The van der Waals surface area contributed by atoms with Crippen LogP contribution in [0.15, 0.2) is 22.7 Å². The van der Waals surface area contributed by atoms with Crippen molar-refractivity contribution in [3.8, 4) is 5.75 Å². The first-order valence-electron chi connectivity index (χ1n) is 6.99. The van der Waals surface area contributed by atoms with Crippen molar-refractivity contribution >= 4 is 28.3 Å². The predicted molar refractivity (Wildman–Crippen MR) is 89.6 cm³/mol. The zero-order valence-corrected chi connectivity index (χ0v) is 14.5. The average molecular weight is 364 g/mol. The van der Waals surface area contributed by atoms with Gasteiger partial charge < -0.3 is 10.5 Å². The molecule has 2 unspecified atom stereocenters. The Morgan fingerprint density at radius 1 is 1.40 bits per heavy atom. The lowest BCUT2D eigenvalue weighted by Gasteiger charge is -2.18. The van der Waals surface area contributed by atoms with E-state index in [0.29, 0.717) is 12.0 Å². The maximum absolute atomic E-state index is 6.09. The van der Waals surface area contributed by atoms with E-state index in [4.69, 9.17) is 10.5 Å². The van der Waals surface area contributed by atoms with E-state index in [0.717, 1.165) is 42.9 Å². The molecule has 0 amide bonds. The molecule has 1 aliphatic rings. The quantitative estimate of drug-likeness (QED) is 0.871. The molecule has 20 heavy (non-hydrogen) atoms. The second kappa shape index (κ2) is 8.23. The van der Waals surface area contributed by atoms with Crippen molar-refractivity contribution in [1.82, 2.24) is 4.90 Å². The molecule has 1 saturated heterocycles. The summed E-state index contributed by atoms with van der Waals surface area (Å²) in [5, 5.41) is 0. The maximum Gasteiger partial charge on any atom is 0.123 e. The maximum atomic E-state index is 6.09. The molecular weight excluding hydrogens is 340 g/mol. The Kier molecular flexibility index (Phi) is 7.30. The van der Waals surface area contributed by atoms with Gasteiger partial charge >= 0.3 is 0 Å². The fraction of sp³-hybridized carbons (Fsp3) is 0.600. The molecule has 114 valence electrons. The number of hydrogen-bond donors (Lipinski definition) is 1. The van der Waals surface area contributed by atoms with Crippen LogP contribution in [0.2, 0.25) is 0 Å². The Hall–Kier alpha value is -0.290. The second-order valence-electron chi connectivity index (χ2n) is 5.44. The predicted octanol–water partition coefficient (Wildman–Crippen LogP) is 3.44. The van der Waals surface area contributed by atoms with Gasteiger partial charge in [-0.1, -0.05) is 29.8 Å². The minimum absolute atomic E-state index is 0. The van der Waals surface area contributed by atoms with Crippen LogP contribution < -0.4 is 10.5 Å². The molecule has 1 aromatic carbocycles. The highest BCUT2D eigenvalue weighted by atomic mass is 79.9. The van der Waals surface area contributed by atoms with Crippen molar-refractivity contribution in [2.45, 2.75) is 32.9 Å². The van der Waals surface area contributed by atoms with Gasteiger partial charge in [-0.3, -0.25) is 4.90 Å². The number of ether oxygens (including phenoxy) is 1. The second-order valence-corrected chi connectivity index (χ2v) is 6.35. The summed E-state index contributed by atoms with van der Waals surface area (Å²) in [7, 11) is 0. The lowest BCUT2D eigenvalue weighted by atomic mass is 10.1. The van der Waals surface area contributed by atoms with Crippen LogP contribution in [0.25, 0.3) is 0 Å². The van der Waals surface area contributed by atoms with Crippen molar-refractivity contribution in [2.75, 3.05) is 19.7 Å². The van der Waals surface area contributed by atoms with E-state index in [1.807, 2.05) is 6.07 Å². The molecule has 0 aromatic heterocycles. The summed E-state index contributed by atoms with van der Waals surface area (Å²) < 4.78 is 6.93. The zero-order valence-electron chi connectivity index (χ0n) is 12.1. The first kappa shape index (κ1) is 17.8. The lowest BCUT2D eigenvalue weighted by Crippen LogP contribution is -2.28. The van der Waals surface area contributed by atoms with E-state index >= 15 is 0 Å². The van der Waals surface area contributed by atoms with Crippen molar-refractivity contribution in [1.29, 1.82) is 0 Å². The van der Waals surface area contributed by atoms with Crippen LogP contribution in [0, 0.1) is 5.92 Å². The number of hydrogen-bond acceptors (Lipinski definition) is 3. The van der Waals surface area contributed by atoms with E-state index in [9.17, 15) is 0 Å². The molecule has 2 N–H and O–H groups in total. The smallest absolute Gasteiger partial charge is 0.123 e. The highest BCUT2D eigenvalue weighted by molar-refractivity contribution is 9.10. The van der Waals surface area contributed by atoms with Crippen molar-refractivity contribution in [3.63, 3.8) is 0 Å². The van der Waals surface area contributed by atoms with Gasteiger partial charge in [-0.15, -0.1) is 12.4 Å². The summed E-state index contributed by atoms with van der Waals surface area (Å²) in [5.41, 5.74) is 7.33. The summed E-state index contributed by atoms with van der Waals surface area (Å²) >= 11 is 3.54. The number of nitrogens with zero attached hydrogens (tertiary/aromatic N) is 1. The van der Waals surface area contributed by atoms with Crippen molar-refractivity contribution in [2.24, 2.45) is 11.7 Å². The van der Waals surface area contributed by atoms with Crippen LogP contribution in [0.4, 0.5) is 0 Å². The van der Waals surface area contributed by atoms with Gasteiger partial charge in [0.15, 0.2) is 0 Å². The van der Waals surface area contributed by atoms with E-state index in [1.165, 1.54) is 5.56 Å². The molecule has 1 heterocycles. The van der Waals surface area contributed by atoms with E-state index < -0.39 is 0 Å². The molecule has 1 aromatic rings. The Morgan fingerprint density at radius 2 is 2.15 bits per heavy atom. The van der Waals surface area contributed by atoms with Gasteiger partial charge in [0, 0.05) is 35.7 Å². The van der Waals surface area contributed by atoms with Crippen LogP contribution in [0.3, 0.4) is 0 Å². The first-order valence-corrected chi connectivity index (χ1v) is 7.78. The van der Waals surface area contributed by atoms with Gasteiger partial charge in [-0.2, -0.15) is 0 Å². The minimum Gasteiger partial charge on any atom is -0.493 e. The van der Waals surface area contributed by atoms with Gasteiger partial charge in [0.25, 0.3) is 0 Å². The lowest BCUT2D eigenvalue weighted by molar-refractivity contribution is 0.289. The number of benzene rings is 1. The Labute approximate surface area is 136 Å². The molecule has 0 saturated carbocycles. The number of nitrogens with two attached hydrogens (primary N) is 1. The summed E-state index contributed by atoms with van der Waals surface area (Å²) in [4.78, 5) is 2.41. The summed E-state index contributed by atoms with van der Waals surface area (Å²) in [6, 6.07) is 6.54. The fourth-order valence-corrected chi connectivity index (χ4v) is 2.90. The highest BCUT2D eigenvalue weighted by Gasteiger charge is 2.26. The highest BCUT2D eigenvalue weighted by Crippen LogP contribution is 2.27. The van der Waals surface area contributed by atoms with E-state index in [-0.39, 0.29) is 12.4 Å². The monoisotopic (exact) mass is 362 g/mol. The molecule has 0 aliphatic carbocycles. The third-order valence-corrected chi connectivity index (χ3v) is 4.12. The molecule has 5 heteroatoms. The topological polar surface area (TPSA) is 38.5 Å². The van der Waals surface area contributed by atoms with Crippen molar-refractivity contribution in [3.05, 3.63) is 28.2 Å². The minimum atomic E-state index is 0. The summed E-state index contributed by atoms with van der Waals surface area (Å²) in [6.45, 7) is 8.07. The van der Waals surface area contributed by atoms with Gasteiger partial charge in [-0.05, 0) is 30.5 Å². The van der Waals surface area contributed by atoms with Gasteiger partial charge in [0.1, 0.15) is 5.75 Å². The standard InChI is InChI=1S/C15H23BrN2O.ClH/c1-3-6-19-15-5-4-13(16)7-12(15)9-18-8-11(2)14(17)10-18;/h4-5,7,11,14H,3,6,8-10,17H2,1-2H3;1H. The van der Waals surface area contributed by atoms with Gasteiger partial charge in [-0.25, -0.2) is 0 Å². The van der Waals surface area contributed by atoms with Crippen LogP contribution in [-0.4, -0.2) is 30.6 Å². The molecule has 1 aliphatic heterocycles. The number of rotatable bonds is 5. The SMILES string of the molecule is CCCOc1ccc(Br)cc1CN1CC(C)C(N)C1.Cl. The number of halogens is 2. The van der Waals surface area contributed by atoms with Crippen molar-refractivity contribution < 1.29 is 4.74 Å². The van der Waals surface area contributed by atoms with Gasteiger partial charge in [0.2, 0.25) is 0 Å². The molecule has 0 radical (unpaired) electrons. The molecule has 1 fully saturated rings. The molecule has 3 nitrogen and oxygen atoms in total. The van der Waals surface area contributed by atoms with Crippen LogP contribution in [-0.2, 0) is 6.54 Å². The Balaban J connectivity index is 0.00000200. The third kappa shape index (κ3) is 4.62. The average Bonchev–Trinajstić information content (AvgIpc) is 2.67. The fourth-order valence-electron chi connectivity index (χ4n) is 2.49. The molecule has 0 bridgehead atoms. The van der Waals surface area contributed by atoms with Crippen LogP contribution >= 0.6 is 28.3 Å². The third-order valence-electron chi connectivity index (χ3n) is 3.62.